The number of hydrogen-bond acceptors (Lipinski definition) is 7. The Balaban J connectivity index is 1.31. The van der Waals surface area contributed by atoms with Gasteiger partial charge in [0.25, 0.3) is 0 Å². The first-order chi connectivity index (χ1) is 17.5. The van der Waals surface area contributed by atoms with Crippen LogP contribution in [0.1, 0.15) is 38.2 Å². The van der Waals surface area contributed by atoms with Crippen LogP contribution in [0.2, 0.25) is 0 Å². The molecule has 0 unspecified atom stereocenters. The van der Waals surface area contributed by atoms with Gasteiger partial charge in [-0.05, 0) is 54.5 Å². The van der Waals surface area contributed by atoms with E-state index in [4.69, 9.17) is 23.7 Å². The lowest BCUT2D eigenvalue weighted by Crippen LogP contribution is -2.31. The van der Waals surface area contributed by atoms with Gasteiger partial charge in [0.05, 0.1) is 24.8 Å². The van der Waals surface area contributed by atoms with Gasteiger partial charge in [-0.2, -0.15) is 0 Å². The highest BCUT2D eigenvalue weighted by atomic mass is 79.9. The molecule has 7 nitrogen and oxygen atoms in total. The maximum absolute atomic E-state index is 13.5. The molecule has 36 heavy (non-hydrogen) atoms. The Morgan fingerprint density at radius 2 is 1.94 bits per heavy atom. The summed E-state index contributed by atoms with van der Waals surface area (Å²) in [7, 11) is 1.66. The summed E-state index contributed by atoms with van der Waals surface area (Å²) in [6, 6.07) is 13.8. The van der Waals surface area contributed by atoms with Crippen molar-refractivity contribution in [2.45, 2.75) is 26.6 Å². The van der Waals surface area contributed by atoms with Gasteiger partial charge in [-0.25, -0.2) is 0 Å². The second-order valence-electron chi connectivity index (χ2n) is 9.02. The van der Waals surface area contributed by atoms with Crippen molar-refractivity contribution in [3.8, 4) is 23.0 Å². The van der Waals surface area contributed by atoms with Crippen LogP contribution in [-0.4, -0.2) is 31.3 Å². The van der Waals surface area contributed by atoms with Crippen LogP contribution < -0.4 is 18.9 Å². The minimum atomic E-state index is -0.140. The zero-order chi connectivity index (χ0) is 24.8. The fraction of sp³-hybridized carbons (Fsp3) is 0.250. The summed E-state index contributed by atoms with van der Waals surface area (Å²) in [5, 5.41) is 0. The third-order valence-electron chi connectivity index (χ3n) is 6.54. The molecule has 0 spiro atoms. The number of allylic oxidation sites excluding steroid dienone is 1. The third kappa shape index (κ3) is 4.15. The zero-order valence-electron chi connectivity index (χ0n) is 19.9. The van der Waals surface area contributed by atoms with E-state index in [9.17, 15) is 4.79 Å². The Morgan fingerprint density at radius 1 is 1.11 bits per heavy atom. The van der Waals surface area contributed by atoms with Crippen LogP contribution in [0, 0.1) is 6.92 Å². The minimum absolute atomic E-state index is 0.140. The molecule has 6 rings (SSSR count). The van der Waals surface area contributed by atoms with Gasteiger partial charge in [-0.15, -0.1) is 0 Å². The van der Waals surface area contributed by atoms with Gasteiger partial charge in [0.1, 0.15) is 29.7 Å². The topological polar surface area (TPSA) is 66.5 Å². The number of ketones is 1. The first-order valence-corrected chi connectivity index (χ1v) is 12.4. The highest BCUT2D eigenvalue weighted by molar-refractivity contribution is 9.10. The van der Waals surface area contributed by atoms with Crippen LogP contribution in [0.25, 0.3) is 6.08 Å². The summed E-state index contributed by atoms with van der Waals surface area (Å²) >= 11 is 3.54. The maximum atomic E-state index is 13.5. The third-order valence-corrected chi connectivity index (χ3v) is 7.00. The molecule has 0 aliphatic carbocycles. The van der Waals surface area contributed by atoms with Gasteiger partial charge in [0.15, 0.2) is 12.6 Å². The molecule has 0 bridgehead atoms. The average Bonchev–Trinajstić information content (AvgIpc) is 3.21. The van der Waals surface area contributed by atoms with Crippen molar-refractivity contribution in [1.82, 2.24) is 4.90 Å². The number of ether oxygens (including phenoxy) is 5. The van der Waals surface area contributed by atoms with E-state index in [0.717, 1.165) is 43.8 Å². The Kier molecular flexibility index (Phi) is 5.95. The van der Waals surface area contributed by atoms with Crippen LogP contribution in [0.3, 0.4) is 0 Å². The monoisotopic (exact) mass is 549 g/mol. The summed E-state index contributed by atoms with van der Waals surface area (Å²) in [4.78, 5) is 15.6. The van der Waals surface area contributed by atoms with Crippen molar-refractivity contribution in [3.63, 3.8) is 0 Å². The molecule has 0 radical (unpaired) electrons. The lowest BCUT2D eigenvalue weighted by molar-refractivity contribution is -0.0165. The fourth-order valence-electron chi connectivity index (χ4n) is 4.82. The molecular formula is C28H24BrNO6. The van der Waals surface area contributed by atoms with E-state index < -0.39 is 0 Å². The molecule has 0 N–H and O–H groups in total. The van der Waals surface area contributed by atoms with Gasteiger partial charge in [-0.3, -0.25) is 9.69 Å². The molecule has 0 amide bonds. The fourth-order valence-corrected chi connectivity index (χ4v) is 5.35. The van der Waals surface area contributed by atoms with E-state index >= 15 is 0 Å². The lowest BCUT2D eigenvalue weighted by atomic mass is 9.98. The summed E-state index contributed by atoms with van der Waals surface area (Å²) < 4.78 is 29.6. The van der Waals surface area contributed by atoms with Crippen molar-refractivity contribution < 1.29 is 28.5 Å². The standard InChI is InChI=1S/C28H24BrNO6/c1-16-7-23-22(12-30(14-34-23)11-17-3-5-21(32-2)6-4-17)28-25(16)26(31)24(36-28)10-18-8-20(29)9-19-13-33-15-35-27(18)19/h3-10H,11-15H2,1-2H3/b24-10-. The SMILES string of the molecule is COc1ccc(CN2COc3cc(C)c4c(c3C2)O/C(=C\c2cc(Br)cc3c2OCOC3)C4=O)cc1. The van der Waals surface area contributed by atoms with Gasteiger partial charge in [0.2, 0.25) is 5.78 Å². The quantitative estimate of drug-likeness (QED) is 0.392. The lowest BCUT2D eigenvalue weighted by Gasteiger charge is -2.30. The van der Waals surface area contributed by atoms with E-state index in [1.807, 2.05) is 49.4 Å². The van der Waals surface area contributed by atoms with Crippen molar-refractivity contribution >= 4 is 27.8 Å². The number of carbonyl (C=O) groups excluding carboxylic acids is 1. The van der Waals surface area contributed by atoms with Crippen LogP contribution in [0.5, 0.6) is 23.0 Å². The molecule has 0 fully saturated rings. The molecule has 8 heteroatoms. The molecule has 3 aliphatic heterocycles. The second kappa shape index (κ2) is 9.28. The van der Waals surface area contributed by atoms with Gasteiger partial charge >= 0.3 is 0 Å². The van der Waals surface area contributed by atoms with Crippen molar-refractivity contribution in [2.75, 3.05) is 20.6 Å². The van der Waals surface area contributed by atoms with E-state index in [1.165, 1.54) is 0 Å². The van der Waals surface area contributed by atoms with Crippen LogP contribution in [-0.2, 0) is 24.4 Å². The Bertz CT molecular complexity index is 1400. The zero-order valence-corrected chi connectivity index (χ0v) is 21.5. The molecule has 3 aliphatic rings. The smallest absolute Gasteiger partial charge is 0.232 e. The number of fused-ring (bicyclic) bond motifs is 4. The predicted molar refractivity (Wildman–Crippen MR) is 136 cm³/mol. The number of halogens is 1. The molecule has 0 atom stereocenters. The Hall–Kier alpha value is -3.33. The van der Waals surface area contributed by atoms with E-state index in [2.05, 4.69) is 20.8 Å². The molecule has 3 aromatic carbocycles. The first-order valence-electron chi connectivity index (χ1n) is 11.6. The van der Waals surface area contributed by atoms with Gasteiger partial charge in [-0.1, -0.05) is 28.1 Å². The molecule has 3 aromatic rings. The van der Waals surface area contributed by atoms with Crippen molar-refractivity contribution in [1.29, 1.82) is 0 Å². The summed E-state index contributed by atoms with van der Waals surface area (Å²) in [5.74, 6) is 2.99. The molecule has 0 saturated heterocycles. The molecule has 3 heterocycles. The normalized spacial score (nSPS) is 17.5. The maximum Gasteiger partial charge on any atom is 0.232 e. The summed E-state index contributed by atoms with van der Waals surface area (Å²) in [6.45, 7) is 4.31. The van der Waals surface area contributed by atoms with Crippen LogP contribution in [0.4, 0.5) is 0 Å². The first kappa shape index (κ1) is 23.1. The number of benzene rings is 3. The number of rotatable bonds is 4. The van der Waals surface area contributed by atoms with Gasteiger partial charge < -0.3 is 23.7 Å². The van der Waals surface area contributed by atoms with Crippen molar-refractivity contribution in [2.24, 2.45) is 0 Å². The number of aryl methyl sites for hydroxylation is 1. The van der Waals surface area contributed by atoms with Gasteiger partial charge in [0, 0.05) is 28.7 Å². The predicted octanol–water partition coefficient (Wildman–Crippen LogP) is 5.60. The summed E-state index contributed by atoms with van der Waals surface area (Å²) in [5.41, 5.74) is 5.13. The Labute approximate surface area is 217 Å². The number of methoxy groups -OCH3 is 1. The Morgan fingerprint density at radius 3 is 2.75 bits per heavy atom. The van der Waals surface area contributed by atoms with Crippen LogP contribution in [0.15, 0.2) is 52.7 Å². The second-order valence-corrected chi connectivity index (χ2v) is 9.93. The van der Waals surface area contributed by atoms with Crippen molar-refractivity contribution in [3.05, 3.63) is 86.1 Å². The largest absolute Gasteiger partial charge is 0.497 e. The number of Topliss-reactive ketones (excluding diaryl/α,β-unsaturated/α-hetero) is 1. The molecule has 0 aromatic heterocycles. The van der Waals surface area contributed by atoms with E-state index in [0.29, 0.717) is 43.5 Å². The number of hydrogen-bond donors (Lipinski definition) is 0. The van der Waals surface area contributed by atoms with Crippen LogP contribution >= 0.6 is 15.9 Å². The average molecular weight is 550 g/mol. The van der Waals surface area contributed by atoms with E-state index in [1.54, 1.807) is 13.2 Å². The number of carbonyl (C=O) groups is 1. The molecule has 0 saturated carbocycles. The summed E-state index contributed by atoms with van der Waals surface area (Å²) in [6.07, 6.45) is 1.75. The minimum Gasteiger partial charge on any atom is -0.497 e. The molecule has 184 valence electrons. The van der Waals surface area contributed by atoms with E-state index in [-0.39, 0.29) is 18.3 Å². The number of nitrogens with zero attached hydrogens (tertiary/aromatic N) is 1. The highest BCUT2D eigenvalue weighted by Crippen LogP contribution is 2.45. The molecular weight excluding hydrogens is 526 g/mol. The highest BCUT2D eigenvalue weighted by Gasteiger charge is 2.36.